The van der Waals surface area contributed by atoms with Crippen LogP contribution in [0.5, 0.6) is 11.5 Å². The number of rotatable bonds is 10. The van der Waals surface area contributed by atoms with Crippen LogP contribution in [0.4, 0.5) is 0 Å². The van der Waals surface area contributed by atoms with Crippen LogP contribution >= 0.6 is 0 Å². The Hall–Kier alpha value is -4.57. The Kier molecular flexibility index (Phi) is 7.61. The van der Waals surface area contributed by atoms with Crippen molar-refractivity contribution in [2.24, 2.45) is 0 Å². The van der Waals surface area contributed by atoms with Gasteiger partial charge in [-0.1, -0.05) is 42.5 Å². The van der Waals surface area contributed by atoms with E-state index < -0.39 is 15.9 Å². The zero-order valence-corrected chi connectivity index (χ0v) is 23.0. The second-order valence-corrected chi connectivity index (χ2v) is 10.9. The minimum absolute atomic E-state index is 0.0350. The first-order valence-electron chi connectivity index (χ1n) is 12.9. The normalized spacial score (nSPS) is 11.6. The molecule has 9 nitrogen and oxygen atoms in total. The van der Waals surface area contributed by atoms with Gasteiger partial charge >= 0.3 is 0 Å². The lowest BCUT2D eigenvalue weighted by Crippen LogP contribution is -2.32. The summed E-state index contributed by atoms with van der Waals surface area (Å²) in [6.07, 6.45) is 3.46. The molecule has 0 spiro atoms. The molecule has 5 rings (SSSR count). The number of fused-ring (bicyclic) bond motifs is 2. The molecule has 2 aromatic heterocycles. The molecular weight excluding hydrogens is 530 g/mol. The Balaban J connectivity index is 1.45. The number of carbonyl (C=O) groups is 1. The SMILES string of the molecule is CCOc1c2cn(-c3ccc(CS(=O)(=O)NC(=O)Cc4ccccc4)cc3)c(=O)c2c(OCC)c2ccc[nH]c12. The monoisotopic (exact) mass is 559 g/mol. The topological polar surface area (TPSA) is 119 Å². The molecule has 0 unspecified atom stereocenters. The molecule has 206 valence electrons. The first kappa shape index (κ1) is 27.0. The number of amides is 1. The summed E-state index contributed by atoms with van der Waals surface area (Å²) in [6, 6.07) is 19.2. The number of hydrogen-bond acceptors (Lipinski definition) is 6. The highest BCUT2D eigenvalue weighted by Crippen LogP contribution is 2.41. The maximum atomic E-state index is 13.7. The number of aromatic amines is 1. The van der Waals surface area contributed by atoms with Crippen LogP contribution in [0.1, 0.15) is 25.0 Å². The van der Waals surface area contributed by atoms with Gasteiger partial charge in [0, 0.05) is 23.5 Å². The number of benzene rings is 3. The lowest BCUT2D eigenvalue weighted by molar-refractivity contribution is -0.118. The zero-order chi connectivity index (χ0) is 28.3. The summed E-state index contributed by atoms with van der Waals surface area (Å²) in [6.45, 7) is 4.52. The number of nitrogens with one attached hydrogen (secondary N) is 2. The molecule has 0 saturated heterocycles. The molecule has 0 aliphatic rings. The van der Waals surface area contributed by atoms with E-state index in [-0.39, 0.29) is 17.7 Å². The number of sulfonamides is 1. The van der Waals surface area contributed by atoms with Gasteiger partial charge in [0.1, 0.15) is 5.75 Å². The number of hydrogen-bond donors (Lipinski definition) is 2. The van der Waals surface area contributed by atoms with Crippen LogP contribution in [0, 0.1) is 0 Å². The van der Waals surface area contributed by atoms with Crippen LogP contribution in [-0.4, -0.2) is 37.1 Å². The molecule has 0 aliphatic carbocycles. The summed E-state index contributed by atoms with van der Waals surface area (Å²) in [5.74, 6) is 0.0557. The van der Waals surface area contributed by atoms with Crippen molar-refractivity contribution in [3.63, 3.8) is 0 Å². The second kappa shape index (κ2) is 11.3. The van der Waals surface area contributed by atoms with Crippen LogP contribution in [-0.2, 0) is 27.0 Å². The quantitative estimate of drug-likeness (QED) is 0.261. The van der Waals surface area contributed by atoms with Crippen molar-refractivity contribution < 1.29 is 22.7 Å². The fourth-order valence-corrected chi connectivity index (χ4v) is 5.86. The van der Waals surface area contributed by atoms with Gasteiger partial charge in [0.05, 0.1) is 41.7 Å². The van der Waals surface area contributed by atoms with Crippen LogP contribution < -0.4 is 19.8 Å². The van der Waals surface area contributed by atoms with Crippen molar-refractivity contribution in [1.82, 2.24) is 14.3 Å². The highest BCUT2D eigenvalue weighted by atomic mass is 32.2. The molecule has 2 heterocycles. The Morgan fingerprint density at radius 1 is 0.875 bits per heavy atom. The lowest BCUT2D eigenvalue weighted by Gasteiger charge is -2.13. The van der Waals surface area contributed by atoms with Gasteiger partial charge < -0.3 is 14.5 Å². The van der Waals surface area contributed by atoms with Crippen LogP contribution in [0.2, 0.25) is 0 Å². The standard InChI is InChI=1S/C30H29N3O6S/c1-3-38-28-23-11-8-16-31-27(23)29(39-4-2)24-18-33(30(35)26(24)28)22-14-12-21(13-15-22)19-40(36,37)32-25(34)17-20-9-6-5-7-10-20/h5-16,18,31H,3-4,17,19H2,1-2H3,(H,32,34). The van der Waals surface area contributed by atoms with Gasteiger partial charge in [0.2, 0.25) is 15.9 Å². The van der Waals surface area contributed by atoms with Crippen LogP contribution in [0.3, 0.4) is 0 Å². The van der Waals surface area contributed by atoms with E-state index in [1.54, 1.807) is 60.9 Å². The van der Waals surface area contributed by atoms with Crippen molar-refractivity contribution in [3.05, 3.63) is 101 Å². The van der Waals surface area contributed by atoms with E-state index in [1.165, 1.54) is 4.57 Å². The summed E-state index contributed by atoms with van der Waals surface area (Å²) >= 11 is 0. The van der Waals surface area contributed by atoms with Crippen molar-refractivity contribution in [2.45, 2.75) is 26.0 Å². The Bertz CT molecular complexity index is 1840. The Morgan fingerprint density at radius 2 is 1.57 bits per heavy atom. The van der Waals surface area contributed by atoms with E-state index in [4.69, 9.17) is 9.47 Å². The summed E-state index contributed by atoms with van der Waals surface area (Å²) < 4.78 is 40.8. The first-order chi connectivity index (χ1) is 19.3. The van der Waals surface area contributed by atoms with E-state index in [1.807, 2.05) is 32.0 Å². The molecule has 10 heteroatoms. The summed E-state index contributed by atoms with van der Waals surface area (Å²) in [5.41, 5.74) is 2.19. The molecule has 5 aromatic rings. The average molecular weight is 560 g/mol. The smallest absolute Gasteiger partial charge is 0.266 e. The molecule has 0 fully saturated rings. The minimum atomic E-state index is -3.91. The predicted molar refractivity (Wildman–Crippen MR) is 155 cm³/mol. The van der Waals surface area contributed by atoms with Crippen molar-refractivity contribution >= 4 is 37.6 Å². The van der Waals surface area contributed by atoms with E-state index in [9.17, 15) is 18.0 Å². The molecule has 1 amide bonds. The number of carbonyl (C=O) groups excluding carboxylic acids is 1. The van der Waals surface area contributed by atoms with Crippen molar-refractivity contribution in [3.8, 4) is 17.2 Å². The van der Waals surface area contributed by atoms with Gasteiger partial charge in [-0.25, -0.2) is 8.42 Å². The van der Waals surface area contributed by atoms with E-state index in [2.05, 4.69) is 9.71 Å². The average Bonchev–Trinajstić information content (AvgIpc) is 3.27. The third-order valence-electron chi connectivity index (χ3n) is 6.39. The molecule has 0 atom stereocenters. The van der Waals surface area contributed by atoms with E-state index >= 15 is 0 Å². The van der Waals surface area contributed by atoms with Crippen molar-refractivity contribution in [2.75, 3.05) is 13.2 Å². The number of pyridine rings is 1. The third kappa shape index (κ3) is 5.43. The predicted octanol–water partition coefficient (Wildman–Crippen LogP) is 4.46. The van der Waals surface area contributed by atoms with E-state index in [0.717, 1.165) is 16.5 Å². The van der Waals surface area contributed by atoms with Gasteiger partial charge in [-0.15, -0.1) is 0 Å². The minimum Gasteiger partial charge on any atom is -0.492 e. The molecule has 3 aromatic carbocycles. The Labute approximate surface area is 231 Å². The molecule has 0 radical (unpaired) electrons. The number of nitrogens with zero attached hydrogens (tertiary/aromatic N) is 1. The van der Waals surface area contributed by atoms with Crippen molar-refractivity contribution in [1.29, 1.82) is 0 Å². The van der Waals surface area contributed by atoms with Gasteiger partial charge in [-0.2, -0.15) is 0 Å². The highest BCUT2D eigenvalue weighted by molar-refractivity contribution is 7.89. The summed E-state index contributed by atoms with van der Waals surface area (Å²) in [5, 5.41) is 1.76. The summed E-state index contributed by atoms with van der Waals surface area (Å²) in [7, 11) is -3.91. The number of H-pyrrole nitrogens is 1. The largest absolute Gasteiger partial charge is 0.492 e. The number of ether oxygens (including phenoxy) is 2. The third-order valence-corrected chi connectivity index (χ3v) is 7.64. The molecular formula is C30H29N3O6S. The van der Waals surface area contributed by atoms with Gasteiger partial charge in [0.25, 0.3) is 5.56 Å². The first-order valence-corrected chi connectivity index (χ1v) is 14.6. The molecule has 0 aliphatic heterocycles. The molecule has 40 heavy (non-hydrogen) atoms. The summed E-state index contributed by atoms with van der Waals surface area (Å²) in [4.78, 5) is 29.2. The maximum Gasteiger partial charge on any atom is 0.266 e. The second-order valence-electron chi connectivity index (χ2n) is 9.19. The van der Waals surface area contributed by atoms with E-state index in [0.29, 0.717) is 46.7 Å². The van der Waals surface area contributed by atoms with Gasteiger partial charge in [-0.05, 0) is 49.2 Å². The molecule has 0 saturated carbocycles. The zero-order valence-electron chi connectivity index (χ0n) is 22.1. The highest BCUT2D eigenvalue weighted by Gasteiger charge is 2.23. The van der Waals surface area contributed by atoms with Crippen LogP contribution in [0.25, 0.3) is 27.4 Å². The molecule has 0 bridgehead atoms. The fourth-order valence-electron chi connectivity index (χ4n) is 4.74. The lowest BCUT2D eigenvalue weighted by atomic mass is 10.1. The number of aromatic nitrogens is 2. The van der Waals surface area contributed by atoms with Gasteiger partial charge in [0.15, 0.2) is 5.75 Å². The fraction of sp³-hybridized carbons (Fsp3) is 0.200. The van der Waals surface area contributed by atoms with Gasteiger partial charge in [-0.3, -0.25) is 18.9 Å². The Morgan fingerprint density at radius 3 is 2.27 bits per heavy atom. The van der Waals surface area contributed by atoms with Crippen LogP contribution in [0.15, 0.2) is 83.9 Å². The molecule has 2 N–H and O–H groups in total. The maximum absolute atomic E-state index is 13.7.